The Morgan fingerprint density at radius 1 is 0.842 bits per heavy atom. The zero-order valence-corrected chi connectivity index (χ0v) is 32.8. The van der Waals surface area contributed by atoms with Gasteiger partial charge in [0.1, 0.15) is 65.9 Å². The summed E-state index contributed by atoms with van der Waals surface area (Å²) < 4.78 is 22.3. The third-order valence-corrected chi connectivity index (χ3v) is 9.20. The number of oxazole rings is 1. The fraction of sp³-hybridized carbons (Fsp3) is 0.316. The van der Waals surface area contributed by atoms with Crippen molar-refractivity contribution in [2.45, 2.75) is 68.7 Å². The van der Waals surface area contributed by atoms with Gasteiger partial charge in [-0.2, -0.15) is 10.5 Å². The normalized spacial score (nSPS) is 13.4. The van der Waals surface area contributed by atoms with E-state index in [0.29, 0.717) is 22.2 Å². The minimum atomic E-state index is -1.17. The number of hydrogen-bond acceptors (Lipinski definition) is 16. The second-order valence-electron chi connectivity index (χ2n) is 12.7. The monoisotopic (exact) mass is 817 g/mol. The van der Waals surface area contributed by atoms with Crippen molar-refractivity contribution in [3.8, 4) is 40.5 Å². The molecule has 1 unspecified atom stereocenters. The van der Waals surface area contributed by atoms with E-state index in [1.54, 1.807) is 48.5 Å². The molecule has 4 aromatic rings. The standard InChI is InChI=1S/C38H40ClN9O8S/c1-19(42)33(49)45-21(3)37(51)55-17-28(56-38(52)22(4)46-34(50)20(2)43)16-53-27-11-7-23(8-12-27)31-29(13-40)32(44)48-36(30(31)14-41)57-18-26-15-54-35(47-26)24-5-9-25(39)10-6-24/h5-12,15,19-22,28H,16-18,42-43H2,1-4H3,(H2,44,48)(H,45,49)(H,46,50)/t19-,20-,21+,22?,28+/m1/s1. The van der Waals surface area contributed by atoms with E-state index in [4.69, 9.17) is 47.4 Å². The van der Waals surface area contributed by atoms with Crippen molar-refractivity contribution in [1.82, 2.24) is 20.6 Å². The number of amides is 2. The molecule has 0 saturated carbocycles. The molecule has 2 heterocycles. The predicted octanol–water partition coefficient (Wildman–Crippen LogP) is 3.21. The van der Waals surface area contributed by atoms with Crippen molar-refractivity contribution in [2.24, 2.45) is 11.5 Å². The van der Waals surface area contributed by atoms with Crippen LogP contribution in [-0.4, -0.2) is 77.2 Å². The lowest BCUT2D eigenvalue weighted by Gasteiger charge is -2.22. The van der Waals surface area contributed by atoms with Crippen LogP contribution < -0.4 is 32.6 Å². The molecule has 19 heteroatoms. The van der Waals surface area contributed by atoms with E-state index in [2.05, 4.69) is 26.7 Å². The minimum Gasteiger partial charge on any atom is -0.490 e. The van der Waals surface area contributed by atoms with Gasteiger partial charge in [0, 0.05) is 21.9 Å². The lowest BCUT2D eigenvalue weighted by atomic mass is 9.97. The number of ether oxygens (including phenoxy) is 3. The molecule has 0 fully saturated rings. The Kier molecular flexibility index (Phi) is 15.4. The molecule has 298 valence electrons. The van der Waals surface area contributed by atoms with Crippen LogP contribution in [0.2, 0.25) is 5.02 Å². The molecule has 4 rings (SSSR count). The van der Waals surface area contributed by atoms with Crippen LogP contribution in [0, 0.1) is 22.7 Å². The van der Waals surface area contributed by atoms with Gasteiger partial charge in [0.05, 0.1) is 23.3 Å². The molecular formula is C38H40ClN9O8S. The number of nitrogen functional groups attached to an aromatic ring is 1. The summed E-state index contributed by atoms with van der Waals surface area (Å²) in [5, 5.41) is 26.0. The van der Waals surface area contributed by atoms with Gasteiger partial charge in [-0.25, -0.2) is 19.6 Å². The Hall–Kier alpha value is -6.18. The number of nitrogens with one attached hydrogen (secondary N) is 2. The maximum Gasteiger partial charge on any atom is 0.328 e. The number of hydrogen-bond donors (Lipinski definition) is 5. The van der Waals surface area contributed by atoms with Gasteiger partial charge >= 0.3 is 11.9 Å². The number of aromatic nitrogens is 2. The number of pyridine rings is 1. The van der Waals surface area contributed by atoms with E-state index in [-0.39, 0.29) is 45.6 Å². The second-order valence-corrected chi connectivity index (χ2v) is 14.1. The third-order valence-electron chi connectivity index (χ3n) is 7.94. The van der Waals surface area contributed by atoms with Crippen LogP contribution in [0.15, 0.2) is 64.2 Å². The molecule has 0 aliphatic heterocycles. The lowest BCUT2D eigenvalue weighted by Crippen LogP contribution is -2.48. The molecule has 0 aliphatic carbocycles. The first-order chi connectivity index (χ1) is 27.1. The van der Waals surface area contributed by atoms with E-state index in [0.717, 1.165) is 5.56 Å². The summed E-state index contributed by atoms with van der Waals surface area (Å²) in [6.07, 6.45) is 0.323. The highest BCUT2D eigenvalue weighted by Gasteiger charge is 2.27. The average molecular weight is 818 g/mol. The van der Waals surface area contributed by atoms with Crippen LogP contribution in [-0.2, 0) is 34.4 Å². The van der Waals surface area contributed by atoms with Crippen LogP contribution in [0.5, 0.6) is 5.75 Å². The van der Waals surface area contributed by atoms with Crippen molar-refractivity contribution in [1.29, 1.82) is 10.5 Å². The quantitative estimate of drug-likeness (QED) is 0.0755. The van der Waals surface area contributed by atoms with Gasteiger partial charge in [0.25, 0.3) is 0 Å². The fourth-order valence-electron chi connectivity index (χ4n) is 4.83. The van der Waals surface area contributed by atoms with Gasteiger partial charge in [-0.15, -0.1) is 0 Å². The van der Waals surface area contributed by atoms with Crippen molar-refractivity contribution in [2.75, 3.05) is 18.9 Å². The van der Waals surface area contributed by atoms with Crippen LogP contribution in [0.25, 0.3) is 22.6 Å². The molecule has 0 aliphatic rings. The largest absolute Gasteiger partial charge is 0.490 e. The summed E-state index contributed by atoms with van der Waals surface area (Å²) in [4.78, 5) is 58.3. The van der Waals surface area contributed by atoms with Crippen molar-refractivity contribution in [3.63, 3.8) is 0 Å². The van der Waals surface area contributed by atoms with Crippen LogP contribution >= 0.6 is 23.4 Å². The van der Waals surface area contributed by atoms with E-state index < -0.39 is 60.6 Å². The maximum atomic E-state index is 12.9. The van der Waals surface area contributed by atoms with Gasteiger partial charge < -0.3 is 46.5 Å². The molecular weight excluding hydrogens is 778 g/mol. The SMILES string of the molecule is CC(NC(=O)[C@@H](C)N)C(=O)O[C@H](COC(=O)[C@H](C)NC(=O)[C@@H](C)N)COc1ccc(-c2c(C#N)c(N)nc(SCc3coc(-c4ccc(Cl)cc4)n3)c2C#N)cc1. The number of benzene rings is 2. The third kappa shape index (κ3) is 11.9. The molecule has 0 saturated heterocycles. The number of rotatable bonds is 17. The van der Waals surface area contributed by atoms with Crippen molar-refractivity contribution >= 4 is 52.9 Å². The highest BCUT2D eigenvalue weighted by molar-refractivity contribution is 7.98. The summed E-state index contributed by atoms with van der Waals surface area (Å²) in [5.74, 6) is -1.98. The number of thioether (sulfide) groups is 1. The van der Waals surface area contributed by atoms with Crippen LogP contribution in [0.1, 0.15) is 44.5 Å². The second kappa shape index (κ2) is 20.1. The van der Waals surface area contributed by atoms with Crippen LogP contribution in [0.4, 0.5) is 5.82 Å². The number of halogens is 1. The smallest absolute Gasteiger partial charge is 0.328 e. The molecule has 8 N–H and O–H groups in total. The molecule has 17 nitrogen and oxygen atoms in total. The number of nitrogens with zero attached hydrogens (tertiary/aromatic N) is 4. The first kappa shape index (κ1) is 43.5. The van der Waals surface area contributed by atoms with E-state index >= 15 is 0 Å². The van der Waals surface area contributed by atoms with E-state index in [9.17, 15) is 29.7 Å². The average Bonchev–Trinajstić information content (AvgIpc) is 3.66. The lowest BCUT2D eigenvalue weighted by molar-refractivity contribution is -0.163. The number of esters is 2. The Labute approximate surface area is 337 Å². The zero-order valence-electron chi connectivity index (χ0n) is 31.3. The highest BCUT2D eigenvalue weighted by atomic mass is 35.5. The number of anilines is 1. The molecule has 2 aromatic carbocycles. The maximum absolute atomic E-state index is 12.9. The molecule has 2 amide bonds. The van der Waals surface area contributed by atoms with Crippen molar-refractivity contribution in [3.05, 3.63) is 76.6 Å². The summed E-state index contributed by atoms with van der Waals surface area (Å²) in [6, 6.07) is 13.6. The number of nitrogens with two attached hydrogens (primary N) is 3. The van der Waals surface area contributed by atoms with E-state index in [1.807, 2.05) is 6.07 Å². The first-order valence-corrected chi connectivity index (χ1v) is 18.7. The molecule has 0 radical (unpaired) electrons. The molecule has 57 heavy (non-hydrogen) atoms. The van der Waals surface area contributed by atoms with Crippen LogP contribution in [0.3, 0.4) is 0 Å². The van der Waals surface area contributed by atoms with Gasteiger partial charge in [0.2, 0.25) is 17.7 Å². The van der Waals surface area contributed by atoms with E-state index in [1.165, 1.54) is 45.7 Å². The Balaban J connectivity index is 1.50. The number of carbonyl (C=O) groups excluding carboxylic acids is 4. The Morgan fingerprint density at radius 2 is 1.42 bits per heavy atom. The number of carbonyl (C=O) groups is 4. The summed E-state index contributed by atoms with van der Waals surface area (Å²) in [5.41, 5.74) is 19.5. The summed E-state index contributed by atoms with van der Waals surface area (Å²) in [7, 11) is 0. The predicted molar refractivity (Wildman–Crippen MR) is 209 cm³/mol. The molecule has 0 spiro atoms. The Bertz CT molecular complexity index is 2170. The topological polar surface area (TPSA) is 285 Å². The highest BCUT2D eigenvalue weighted by Crippen LogP contribution is 2.37. The minimum absolute atomic E-state index is 0.00130. The summed E-state index contributed by atoms with van der Waals surface area (Å²) >= 11 is 7.18. The first-order valence-electron chi connectivity index (χ1n) is 17.3. The zero-order chi connectivity index (χ0) is 41.8. The van der Waals surface area contributed by atoms with Crippen molar-refractivity contribution < 1.29 is 37.8 Å². The fourth-order valence-corrected chi connectivity index (χ4v) is 5.83. The molecule has 0 bridgehead atoms. The van der Waals surface area contributed by atoms with Gasteiger partial charge in [-0.1, -0.05) is 35.5 Å². The number of nitriles is 2. The molecule has 5 atom stereocenters. The summed E-state index contributed by atoms with van der Waals surface area (Å²) in [6.45, 7) is 4.90. The Morgan fingerprint density at radius 3 is 2.00 bits per heavy atom. The molecule has 2 aromatic heterocycles. The van der Waals surface area contributed by atoms with Gasteiger partial charge in [-0.3, -0.25) is 9.59 Å². The van der Waals surface area contributed by atoms with Gasteiger partial charge in [0.15, 0.2) is 6.10 Å². The van der Waals surface area contributed by atoms with Gasteiger partial charge in [-0.05, 0) is 69.7 Å².